The highest BCUT2D eigenvalue weighted by Gasteiger charge is 2.42. The lowest BCUT2D eigenvalue weighted by Crippen LogP contribution is -2.59. The van der Waals surface area contributed by atoms with Crippen molar-refractivity contribution in [1.82, 2.24) is 39.7 Å². The summed E-state index contributed by atoms with van der Waals surface area (Å²) < 4.78 is 16.9. The molecule has 37 heavy (non-hydrogen) atoms. The third kappa shape index (κ3) is 4.67. The minimum atomic E-state index is -0.511. The number of fused-ring (bicyclic) bond motifs is 1. The third-order valence-corrected chi connectivity index (χ3v) is 7.51. The van der Waals surface area contributed by atoms with Crippen LogP contribution in [0, 0.1) is 18.2 Å². The first-order chi connectivity index (χ1) is 17.9. The number of likely N-dealkylation sites (tertiary alicyclic amines) is 1. The summed E-state index contributed by atoms with van der Waals surface area (Å²) in [5, 5.41) is 6.56. The van der Waals surface area contributed by atoms with Gasteiger partial charge in [-0.3, -0.25) is 4.90 Å². The maximum Gasteiger partial charge on any atom is 0.229 e. The lowest BCUT2D eigenvalue weighted by molar-refractivity contribution is -0.0282. The Morgan fingerprint density at radius 3 is 2.59 bits per heavy atom. The first kappa shape index (κ1) is 23.9. The Hall–Kier alpha value is -3.50. The molecule has 2 fully saturated rings. The molecule has 6 heterocycles. The molecule has 2 aliphatic heterocycles. The highest BCUT2D eigenvalue weighted by atomic mass is 19.1. The summed E-state index contributed by atoms with van der Waals surface area (Å²) in [6.07, 6.45) is 7.21. The predicted octanol–water partition coefficient (Wildman–Crippen LogP) is 4.24. The van der Waals surface area contributed by atoms with E-state index in [4.69, 9.17) is 0 Å². The minimum absolute atomic E-state index is 0.183. The van der Waals surface area contributed by atoms with Gasteiger partial charge in [0.2, 0.25) is 5.95 Å². The van der Waals surface area contributed by atoms with Crippen LogP contribution >= 0.6 is 0 Å². The van der Waals surface area contributed by atoms with Crippen LogP contribution in [-0.2, 0) is 6.54 Å². The summed E-state index contributed by atoms with van der Waals surface area (Å²) in [6, 6.07) is 6.07. The Morgan fingerprint density at radius 1 is 1.05 bits per heavy atom. The number of nitrogens with zero attached hydrogens (tertiary/aromatic N) is 7. The fourth-order valence-corrected chi connectivity index (χ4v) is 5.75. The number of nitrogens with one attached hydrogen (secondary N) is 2. The fraction of sp³-hybridized carbons (Fsp3) is 0.444. The number of imidazole rings is 1. The van der Waals surface area contributed by atoms with Crippen LogP contribution in [0.3, 0.4) is 0 Å². The van der Waals surface area contributed by atoms with Crippen molar-refractivity contribution >= 4 is 22.9 Å². The van der Waals surface area contributed by atoms with E-state index >= 15 is 0 Å². The van der Waals surface area contributed by atoms with Gasteiger partial charge in [-0.1, -0.05) is 6.07 Å². The van der Waals surface area contributed by atoms with E-state index in [0.717, 1.165) is 31.0 Å². The molecule has 2 aliphatic rings. The van der Waals surface area contributed by atoms with E-state index in [-0.39, 0.29) is 17.7 Å². The molecule has 0 aliphatic carbocycles. The van der Waals surface area contributed by atoms with E-state index in [1.165, 1.54) is 37.7 Å². The van der Waals surface area contributed by atoms with Gasteiger partial charge in [-0.15, -0.1) is 0 Å². The summed E-state index contributed by atoms with van der Waals surface area (Å²) in [7, 11) is 0. The van der Waals surface area contributed by atoms with Crippen molar-refractivity contribution in [2.24, 2.45) is 5.41 Å². The van der Waals surface area contributed by atoms with Crippen LogP contribution in [0.25, 0.3) is 22.4 Å². The lowest BCUT2D eigenvalue weighted by atomic mass is 9.72. The molecule has 0 aromatic carbocycles. The van der Waals surface area contributed by atoms with Crippen LogP contribution in [0.15, 0.2) is 36.8 Å². The summed E-state index contributed by atoms with van der Waals surface area (Å²) in [5.74, 6) is 1.25. The number of pyridine rings is 2. The zero-order valence-electron chi connectivity index (χ0n) is 21.5. The standard InChI is InChI=1S/C27H32FN9/c1-17(2)37-18(3)33-25-22(37)10-20(12-31-25)24-21(28)13-32-26(35-24)34-23-5-4-19(11-30-23)14-36-15-27(16-36)6-8-29-9-7-27/h4-5,10-13,17,29H,6-9,14-16H2,1-3H3,(H,30,32,34,35). The van der Waals surface area contributed by atoms with Crippen LogP contribution in [0.1, 0.15) is 44.1 Å². The Kier molecular flexibility index (Phi) is 6.08. The van der Waals surface area contributed by atoms with Crippen molar-refractivity contribution in [1.29, 1.82) is 0 Å². The molecule has 2 N–H and O–H groups in total. The SMILES string of the molecule is Cc1nc2ncc(-c3nc(Nc4ccc(CN5CC6(CCNCC6)C5)cn4)ncc3F)cc2n1C(C)C. The van der Waals surface area contributed by atoms with E-state index < -0.39 is 5.82 Å². The fourth-order valence-electron chi connectivity index (χ4n) is 5.75. The van der Waals surface area contributed by atoms with Gasteiger partial charge in [0, 0.05) is 43.6 Å². The van der Waals surface area contributed by atoms with Gasteiger partial charge in [0.1, 0.15) is 17.3 Å². The van der Waals surface area contributed by atoms with Gasteiger partial charge in [0.05, 0.1) is 11.7 Å². The van der Waals surface area contributed by atoms with E-state index in [2.05, 4.69) is 64.9 Å². The molecule has 9 nitrogen and oxygen atoms in total. The molecule has 4 aromatic heterocycles. The topological polar surface area (TPSA) is 96.7 Å². The molecule has 0 saturated carbocycles. The number of aromatic nitrogens is 6. The summed E-state index contributed by atoms with van der Waals surface area (Å²) in [5.41, 5.74) is 3.93. The molecule has 4 aromatic rings. The average molecular weight is 502 g/mol. The monoisotopic (exact) mass is 501 g/mol. The Bertz CT molecular complexity index is 1420. The Labute approximate surface area is 215 Å². The number of aryl methyl sites for hydroxylation is 1. The van der Waals surface area contributed by atoms with Crippen LogP contribution < -0.4 is 10.6 Å². The largest absolute Gasteiger partial charge is 0.324 e. The summed E-state index contributed by atoms with van der Waals surface area (Å²) >= 11 is 0. The van der Waals surface area contributed by atoms with E-state index in [1.807, 2.05) is 25.3 Å². The molecule has 0 atom stereocenters. The van der Waals surface area contributed by atoms with Gasteiger partial charge in [0.25, 0.3) is 0 Å². The number of piperidine rings is 1. The first-order valence-corrected chi connectivity index (χ1v) is 12.9. The Morgan fingerprint density at radius 2 is 1.86 bits per heavy atom. The van der Waals surface area contributed by atoms with Crippen molar-refractivity contribution in [3.63, 3.8) is 0 Å². The number of hydrogen-bond donors (Lipinski definition) is 2. The van der Waals surface area contributed by atoms with Gasteiger partial charge < -0.3 is 15.2 Å². The van der Waals surface area contributed by atoms with Crippen molar-refractivity contribution in [2.45, 2.75) is 46.2 Å². The van der Waals surface area contributed by atoms with Gasteiger partial charge in [-0.05, 0) is 69.8 Å². The lowest BCUT2D eigenvalue weighted by Gasteiger charge is -2.52. The highest BCUT2D eigenvalue weighted by molar-refractivity contribution is 5.78. The van der Waals surface area contributed by atoms with Gasteiger partial charge >= 0.3 is 0 Å². The molecule has 0 amide bonds. The second-order valence-corrected chi connectivity index (χ2v) is 10.7. The summed E-state index contributed by atoms with van der Waals surface area (Å²) in [6.45, 7) is 11.6. The van der Waals surface area contributed by atoms with Gasteiger partial charge in [0.15, 0.2) is 11.5 Å². The molecule has 1 spiro atoms. The van der Waals surface area contributed by atoms with E-state index in [1.54, 1.807) is 6.20 Å². The maximum absolute atomic E-state index is 14.8. The van der Waals surface area contributed by atoms with E-state index in [0.29, 0.717) is 22.4 Å². The van der Waals surface area contributed by atoms with Gasteiger partial charge in [-0.25, -0.2) is 29.3 Å². The second-order valence-electron chi connectivity index (χ2n) is 10.7. The van der Waals surface area contributed by atoms with Crippen LogP contribution in [-0.4, -0.2) is 60.6 Å². The molecular weight excluding hydrogens is 469 g/mol. The van der Waals surface area contributed by atoms with Crippen molar-refractivity contribution in [2.75, 3.05) is 31.5 Å². The number of halogens is 1. The zero-order valence-corrected chi connectivity index (χ0v) is 21.5. The molecular formula is C27H32FN9. The Balaban J connectivity index is 1.16. The molecule has 0 bridgehead atoms. The predicted molar refractivity (Wildman–Crippen MR) is 141 cm³/mol. The normalized spacial score (nSPS) is 17.4. The zero-order chi connectivity index (χ0) is 25.6. The number of anilines is 2. The van der Waals surface area contributed by atoms with Crippen molar-refractivity contribution in [3.8, 4) is 11.3 Å². The smallest absolute Gasteiger partial charge is 0.229 e. The molecule has 0 radical (unpaired) electrons. The average Bonchev–Trinajstić information content (AvgIpc) is 3.21. The molecule has 10 heteroatoms. The molecule has 2 saturated heterocycles. The highest BCUT2D eigenvalue weighted by Crippen LogP contribution is 2.39. The molecule has 192 valence electrons. The van der Waals surface area contributed by atoms with Crippen molar-refractivity contribution < 1.29 is 4.39 Å². The van der Waals surface area contributed by atoms with Gasteiger partial charge in [-0.2, -0.15) is 0 Å². The minimum Gasteiger partial charge on any atom is -0.324 e. The number of hydrogen-bond acceptors (Lipinski definition) is 8. The number of rotatable bonds is 6. The van der Waals surface area contributed by atoms with Crippen molar-refractivity contribution in [3.05, 3.63) is 54.0 Å². The van der Waals surface area contributed by atoms with Crippen LogP contribution in [0.4, 0.5) is 16.2 Å². The molecule has 0 unspecified atom stereocenters. The second kappa shape index (κ2) is 9.42. The third-order valence-electron chi connectivity index (χ3n) is 7.51. The quantitative estimate of drug-likeness (QED) is 0.405. The van der Waals surface area contributed by atoms with E-state index in [9.17, 15) is 4.39 Å². The summed E-state index contributed by atoms with van der Waals surface area (Å²) in [4.78, 5) is 24.6. The van der Waals surface area contributed by atoms with Crippen LogP contribution in [0.5, 0.6) is 0 Å². The molecule has 6 rings (SSSR count). The van der Waals surface area contributed by atoms with Crippen LogP contribution in [0.2, 0.25) is 0 Å². The maximum atomic E-state index is 14.8. The first-order valence-electron chi connectivity index (χ1n) is 12.9.